The molecule has 3 N–H and O–H groups in total. The highest BCUT2D eigenvalue weighted by molar-refractivity contribution is 5.90. The van der Waals surface area contributed by atoms with Crippen LogP contribution in [-0.2, 0) is 9.59 Å². The molecule has 1 aromatic carbocycles. The molecule has 0 saturated heterocycles. The number of amides is 1. The number of anilines is 1. The van der Waals surface area contributed by atoms with E-state index in [2.05, 4.69) is 38.2 Å². The molecule has 1 atom stereocenters. The Morgan fingerprint density at radius 3 is 2.34 bits per heavy atom. The lowest BCUT2D eigenvalue weighted by molar-refractivity contribution is -0.137. The minimum absolute atomic E-state index is 0.142. The molecule has 0 bridgehead atoms. The molecule has 29 heavy (non-hydrogen) atoms. The quantitative estimate of drug-likeness (QED) is 0.234. The van der Waals surface area contributed by atoms with Crippen LogP contribution >= 0.6 is 0 Å². The smallest absolute Gasteiger partial charge is 0.303 e. The van der Waals surface area contributed by atoms with Crippen molar-refractivity contribution in [1.82, 2.24) is 5.43 Å². The van der Waals surface area contributed by atoms with Crippen LogP contribution in [0.1, 0.15) is 84.3 Å². The summed E-state index contributed by atoms with van der Waals surface area (Å²) in [7, 11) is 0. The monoisotopic (exact) mass is 402 g/mol. The third kappa shape index (κ3) is 10.6. The first-order valence-electron chi connectivity index (χ1n) is 10.1. The van der Waals surface area contributed by atoms with E-state index < -0.39 is 12.1 Å². The molecule has 160 valence electrons. The van der Waals surface area contributed by atoms with Crippen LogP contribution in [-0.4, -0.2) is 22.1 Å². The molecule has 1 amide bonds. The number of nitrogens with one attached hydrogen (secondary N) is 1. The third-order valence-electron chi connectivity index (χ3n) is 4.45. The molecule has 0 aliphatic rings. The Kier molecular flexibility index (Phi) is 10.3. The predicted octanol–water partition coefficient (Wildman–Crippen LogP) is 4.40. The Balaban J connectivity index is 2.58. The fourth-order valence-electron chi connectivity index (χ4n) is 2.81. The van der Waals surface area contributed by atoms with Crippen LogP contribution in [0.4, 0.5) is 5.69 Å². The van der Waals surface area contributed by atoms with E-state index in [1.54, 1.807) is 12.1 Å². The summed E-state index contributed by atoms with van der Waals surface area (Å²) in [5, 5.41) is 20.3. The van der Waals surface area contributed by atoms with E-state index >= 15 is 0 Å². The van der Waals surface area contributed by atoms with Gasteiger partial charge in [-0.2, -0.15) is 0 Å². The fraction of sp³-hybridized carbons (Fsp3) is 0.565. The van der Waals surface area contributed by atoms with Gasteiger partial charge >= 0.3 is 5.97 Å². The van der Waals surface area contributed by atoms with Gasteiger partial charge in [-0.3, -0.25) is 9.59 Å². The van der Waals surface area contributed by atoms with Gasteiger partial charge in [-0.15, -0.1) is 0 Å². The van der Waals surface area contributed by atoms with Crippen molar-refractivity contribution >= 4 is 17.6 Å². The summed E-state index contributed by atoms with van der Waals surface area (Å²) in [5.41, 5.74) is 4.51. The zero-order chi connectivity index (χ0) is 21.9. The summed E-state index contributed by atoms with van der Waals surface area (Å²) in [6, 6.07) is 9.96. The zero-order valence-corrected chi connectivity index (χ0v) is 18.0. The molecule has 0 spiro atoms. The van der Waals surface area contributed by atoms with Gasteiger partial charge in [-0.1, -0.05) is 45.2 Å². The number of nitrogens with zero attached hydrogens (tertiary/aromatic N) is 1. The van der Waals surface area contributed by atoms with Crippen LogP contribution in [0.3, 0.4) is 0 Å². The molecule has 0 fully saturated rings. The second-order valence-electron chi connectivity index (χ2n) is 8.43. The molecular weight excluding hydrogens is 368 g/mol. The number of carbonyl (C=O) groups excluding carboxylic acids is 1. The van der Waals surface area contributed by atoms with E-state index in [4.69, 9.17) is 5.11 Å². The molecule has 0 aromatic heterocycles. The Morgan fingerprint density at radius 2 is 1.79 bits per heavy atom. The van der Waals surface area contributed by atoms with Crippen LogP contribution in [0.15, 0.2) is 24.3 Å². The van der Waals surface area contributed by atoms with Crippen molar-refractivity contribution in [3.05, 3.63) is 29.8 Å². The molecule has 0 radical (unpaired) electrons. The Hall–Kier alpha value is -2.52. The highest BCUT2D eigenvalue weighted by atomic mass is 16.4. The van der Waals surface area contributed by atoms with Crippen molar-refractivity contribution in [2.45, 2.75) is 78.7 Å². The molecule has 0 heterocycles. The number of aliphatic hydroxyl groups is 1. The first-order chi connectivity index (χ1) is 13.6. The van der Waals surface area contributed by atoms with E-state index in [9.17, 15) is 14.7 Å². The van der Waals surface area contributed by atoms with Crippen molar-refractivity contribution in [3.8, 4) is 12.0 Å². The second kappa shape index (κ2) is 12.1. The van der Waals surface area contributed by atoms with Gasteiger partial charge in [-0.25, -0.2) is 10.4 Å². The molecule has 6 heteroatoms. The maximum atomic E-state index is 11.9. The summed E-state index contributed by atoms with van der Waals surface area (Å²) in [5.74, 6) is 1.88. The zero-order valence-electron chi connectivity index (χ0n) is 18.0. The normalized spacial score (nSPS) is 11.9. The van der Waals surface area contributed by atoms with Gasteiger partial charge in [0.2, 0.25) is 5.91 Å². The number of aliphatic hydroxyl groups excluding tert-OH is 1. The Labute approximate surface area is 174 Å². The molecule has 0 saturated carbocycles. The minimum atomic E-state index is -0.804. The highest BCUT2D eigenvalue weighted by Crippen LogP contribution is 2.27. The first kappa shape index (κ1) is 24.5. The number of aliphatic carboxylic acids is 1. The average molecular weight is 403 g/mol. The molecule has 1 aromatic rings. The van der Waals surface area contributed by atoms with Crippen molar-refractivity contribution < 1.29 is 19.8 Å². The maximum Gasteiger partial charge on any atom is 0.303 e. The van der Waals surface area contributed by atoms with Crippen molar-refractivity contribution in [1.29, 1.82) is 0 Å². The summed E-state index contributed by atoms with van der Waals surface area (Å²) >= 11 is 0. The average Bonchev–Trinajstić information content (AvgIpc) is 2.62. The Bertz CT molecular complexity index is 711. The number of hydrazine groups is 1. The number of benzene rings is 1. The maximum absolute atomic E-state index is 11.9. The summed E-state index contributed by atoms with van der Waals surface area (Å²) in [6.07, 6.45) is 4.18. The van der Waals surface area contributed by atoms with Crippen molar-refractivity contribution in [2.75, 3.05) is 5.01 Å². The van der Waals surface area contributed by atoms with Crippen LogP contribution in [0.5, 0.6) is 0 Å². The minimum Gasteiger partial charge on any atom is -0.481 e. The fourth-order valence-corrected chi connectivity index (χ4v) is 2.81. The van der Waals surface area contributed by atoms with E-state index in [0.717, 1.165) is 18.4 Å². The topological polar surface area (TPSA) is 89.9 Å². The summed E-state index contributed by atoms with van der Waals surface area (Å²) < 4.78 is 0. The number of hydrogen-bond acceptors (Lipinski definition) is 4. The second-order valence-corrected chi connectivity index (χ2v) is 8.43. The SMILES string of the molecule is CC(=O)N(NC#CCCCCC(=O)O)c1ccc(C(O)CCCC(C)(C)C)cc1. The van der Waals surface area contributed by atoms with Crippen molar-refractivity contribution in [2.24, 2.45) is 5.41 Å². The van der Waals surface area contributed by atoms with E-state index in [0.29, 0.717) is 31.4 Å². The van der Waals surface area contributed by atoms with Gasteiger partial charge in [0.05, 0.1) is 11.8 Å². The van der Waals surface area contributed by atoms with Gasteiger partial charge in [0.25, 0.3) is 0 Å². The van der Waals surface area contributed by atoms with Gasteiger partial charge in [0.15, 0.2) is 0 Å². The Morgan fingerprint density at radius 1 is 1.14 bits per heavy atom. The summed E-state index contributed by atoms with van der Waals surface area (Å²) in [6.45, 7) is 8.01. The van der Waals surface area contributed by atoms with Crippen molar-refractivity contribution in [3.63, 3.8) is 0 Å². The van der Waals surface area contributed by atoms with Crippen LogP contribution in [0.25, 0.3) is 0 Å². The molecule has 6 nitrogen and oxygen atoms in total. The number of carbonyl (C=O) groups is 2. The molecular formula is C23H34N2O4. The molecule has 1 rings (SSSR count). The lowest BCUT2D eigenvalue weighted by Gasteiger charge is -2.21. The van der Waals surface area contributed by atoms with E-state index in [-0.39, 0.29) is 17.7 Å². The number of carboxylic acid groups (broad SMARTS) is 1. The first-order valence-corrected chi connectivity index (χ1v) is 10.1. The van der Waals surface area contributed by atoms with Gasteiger partial charge in [0, 0.05) is 25.8 Å². The van der Waals surface area contributed by atoms with Gasteiger partial charge in [0.1, 0.15) is 0 Å². The number of unbranched alkanes of at least 4 members (excludes halogenated alkanes) is 2. The molecule has 1 unspecified atom stereocenters. The third-order valence-corrected chi connectivity index (χ3v) is 4.45. The standard InChI is InChI=1S/C23H34N2O4/c1-18(26)25(24-17-8-6-5-7-11-22(28)29)20-14-12-19(13-15-20)21(27)10-9-16-23(2,3)4/h12-15,21,24,27H,5-7,9-11,16H2,1-4H3,(H,28,29). The highest BCUT2D eigenvalue weighted by Gasteiger charge is 2.14. The number of hydrogen-bond donors (Lipinski definition) is 3. The predicted molar refractivity (Wildman–Crippen MR) is 115 cm³/mol. The molecule has 0 aliphatic heterocycles. The van der Waals surface area contributed by atoms with E-state index in [1.165, 1.54) is 11.9 Å². The molecule has 0 aliphatic carbocycles. The van der Waals surface area contributed by atoms with Crippen LogP contribution in [0.2, 0.25) is 0 Å². The lowest BCUT2D eigenvalue weighted by atomic mass is 9.88. The lowest BCUT2D eigenvalue weighted by Crippen LogP contribution is -2.38. The van der Waals surface area contributed by atoms with Crippen LogP contribution in [0, 0.1) is 17.4 Å². The number of carboxylic acids is 1. The van der Waals surface area contributed by atoms with Gasteiger partial charge < -0.3 is 10.2 Å². The largest absolute Gasteiger partial charge is 0.481 e. The van der Waals surface area contributed by atoms with E-state index in [1.807, 2.05) is 12.1 Å². The summed E-state index contributed by atoms with van der Waals surface area (Å²) in [4.78, 5) is 22.4. The van der Waals surface area contributed by atoms with Crippen LogP contribution < -0.4 is 10.4 Å². The number of rotatable bonds is 10. The van der Waals surface area contributed by atoms with Gasteiger partial charge in [-0.05, 0) is 48.8 Å².